The van der Waals surface area contributed by atoms with Gasteiger partial charge in [0.1, 0.15) is 6.04 Å². The van der Waals surface area contributed by atoms with Gasteiger partial charge in [-0.25, -0.2) is 0 Å². The van der Waals surface area contributed by atoms with Crippen LogP contribution in [0.2, 0.25) is 0 Å². The van der Waals surface area contributed by atoms with Gasteiger partial charge in [0, 0.05) is 12.6 Å². The van der Waals surface area contributed by atoms with Crippen LogP contribution in [0.1, 0.15) is 5.69 Å². The second-order valence-corrected chi connectivity index (χ2v) is 2.36. The van der Waals surface area contributed by atoms with E-state index in [4.69, 9.17) is 10.8 Å². The van der Waals surface area contributed by atoms with Crippen molar-refractivity contribution in [2.45, 2.75) is 12.5 Å². The monoisotopic (exact) mass is 239 g/mol. The Labute approximate surface area is 93.5 Å². The smallest absolute Gasteiger partial charge is 0.320 e. The largest absolute Gasteiger partial charge is 0.480 e. The van der Waals surface area contributed by atoms with Crippen molar-refractivity contribution in [3.8, 4) is 0 Å². The lowest BCUT2D eigenvalue weighted by atomic mass is 10.2. The molecule has 80 valence electrons. The fourth-order valence-electron chi connectivity index (χ4n) is 0.755. The molecule has 0 fully saturated rings. The van der Waals surface area contributed by atoms with Gasteiger partial charge in [-0.15, -0.1) is 24.8 Å². The maximum Gasteiger partial charge on any atom is 0.320 e. The van der Waals surface area contributed by atoms with E-state index in [1.54, 1.807) is 12.1 Å². The summed E-state index contributed by atoms with van der Waals surface area (Å²) >= 11 is 0. The summed E-state index contributed by atoms with van der Waals surface area (Å²) in [5, 5.41) is 15.8. The van der Waals surface area contributed by atoms with Gasteiger partial charge in [0.25, 0.3) is 0 Å². The van der Waals surface area contributed by atoms with Gasteiger partial charge >= 0.3 is 5.97 Å². The highest BCUT2D eigenvalue weighted by Gasteiger charge is 2.12. The Morgan fingerprint density at radius 3 is 2.64 bits per heavy atom. The van der Waals surface area contributed by atoms with Crippen molar-refractivity contribution < 1.29 is 9.90 Å². The molecule has 0 spiro atoms. The molecule has 1 rings (SSSR count). The van der Waals surface area contributed by atoms with E-state index in [9.17, 15) is 4.79 Å². The van der Waals surface area contributed by atoms with E-state index in [1.165, 1.54) is 6.20 Å². The lowest BCUT2D eigenvalue weighted by Crippen LogP contribution is -2.32. The van der Waals surface area contributed by atoms with E-state index in [1.807, 2.05) is 0 Å². The number of hydrogen-bond acceptors (Lipinski definition) is 4. The first kappa shape index (κ1) is 15.6. The third kappa shape index (κ3) is 4.96. The number of nitrogens with two attached hydrogens (primary N) is 1. The van der Waals surface area contributed by atoms with E-state index in [0.29, 0.717) is 5.69 Å². The summed E-state index contributed by atoms with van der Waals surface area (Å²) in [6, 6.07) is 2.48. The lowest BCUT2D eigenvalue weighted by molar-refractivity contribution is -0.138. The Kier molecular flexibility index (Phi) is 8.32. The number of hydrogen-bond donors (Lipinski definition) is 2. The predicted octanol–water partition coefficient (Wildman–Crippen LogP) is 0.275. The van der Waals surface area contributed by atoms with Gasteiger partial charge in [0.05, 0.1) is 5.69 Å². The van der Waals surface area contributed by atoms with Crippen LogP contribution in [0.4, 0.5) is 0 Å². The molecule has 1 aromatic heterocycles. The number of carbonyl (C=O) groups is 1. The predicted molar refractivity (Wildman–Crippen MR) is 55.8 cm³/mol. The van der Waals surface area contributed by atoms with Crippen LogP contribution in [0.3, 0.4) is 0 Å². The van der Waals surface area contributed by atoms with Crippen molar-refractivity contribution in [1.29, 1.82) is 0 Å². The van der Waals surface area contributed by atoms with Crippen LogP contribution in [0.5, 0.6) is 0 Å². The summed E-state index contributed by atoms with van der Waals surface area (Å²) in [6.45, 7) is 0. The molecule has 1 atom stereocenters. The summed E-state index contributed by atoms with van der Waals surface area (Å²) in [5.41, 5.74) is 5.87. The molecule has 0 saturated carbocycles. The topological polar surface area (TPSA) is 89.1 Å². The SMILES string of the molecule is Cl.Cl.N[C@@H](Cc1cccnn1)C(=O)O. The van der Waals surface area contributed by atoms with Crippen molar-refractivity contribution in [1.82, 2.24) is 10.2 Å². The van der Waals surface area contributed by atoms with Crippen molar-refractivity contribution in [3.05, 3.63) is 24.0 Å². The van der Waals surface area contributed by atoms with E-state index >= 15 is 0 Å². The molecule has 0 aromatic carbocycles. The fraction of sp³-hybridized carbons (Fsp3) is 0.286. The second kappa shape index (κ2) is 7.49. The molecule has 5 nitrogen and oxygen atoms in total. The summed E-state index contributed by atoms with van der Waals surface area (Å²) in [5.74, 6) is -1.03. The molecule has 0 radical (unpaired) electrons. The summed E-state index contributed by atoms with van der Waals surface area (Å²) < 4.78 is 0. The maximum atomic E-state index is 10.3. The van der Waals surface area contributed by atoms with Crippen molar-refractivity contribution >= 4 is 30.8 Å². The quantitative estimate of drug-likeness (QED) is 0.791. The summed E-state index contributed by atoms with van der Waals surface area (Å²) in [6.07, 6.45) is 1.74. The molecule has 1 heterocycles. The van der Waals surface area contributed by atoms with Crippen LogP contribution in [-0.2, 0) is 11.2 Å². The minimum atomic E-state index is -1.03. The molecule has 0 unspecified atom stereocenters. The van der Waals surface area contributed by atoms with Gasteiger partial charge < -0.3 is 10.8 Å². The van der Waals surface area contributed by atoms with Crippen LogP contribution in [0.25, 0.3) is 0 Å². The first-order valence-electron chi connectivity index (χ1n) is 3.45. The van der Waals surface area contributed by atoms with Crippen LogP contribution in [0, 0.1) is 0 Å². The molecule has 3 N–H and O–H groups in total. The second-order valence-electron chi connectivity index (χ2n) is 2.36. The van der Waals surface area contributed by atoms with E-state index in [-0.39, 0.29) is 31.2 Å². The van der Waals surface area contributed by atoms with Gasteiger partial charge in [-0.05, 0) is 12.1 Å². The average Bonchev–Trinajstić information content (AvgIpc) is 2.06. The molecule has 0 bridgehead atoms. The minimum Gasteiger partial charge on any atom is -0.480 e. The summed E-state index contributed by atoms with van der Waals surface area (Å²) in [4.78, 5) is 10.3. The molecule has 0 amide bonds. The van der Waals surface area contributed by atoms with E-state index < -0.39 is 12.0 Å². The molecule has 0 aliphatic rings. The van der Waals surface area contributed by atoms with Gasteiger partial charge in [0.15, 0.2) is 0 Å². The Hall–Kier alpha value is -0.910. The van der Waals surface area contributed by atoms with Gasteiger partial charge in [-0.3, -0.25) is 4.79 Å². The Morgan fingerprint density at radius 1 is 1.57 bits per heavy atom. The first-order chi connectivity index (χ1) is 5.70. The molecule has 1 aromatic rings. The number of aromatic nitrogens is 2. The molecule has 14 heavy (non-hydrogen) atoms. The van der Waals surface area contributed by atoms with Gasteiger partial charge in [-0.2, -0.15) is 10.2 Å². The standard InChI is InChI=1S/C7H9N3O2.2ClH/c8-6(7(11)12)4-5-2-1-3-9-10-5;;/h1-3,6H,4,8H2,(H,11,12);2*1H/t6-;;/m0../s1. The molecular formula is C7H11Cl2N3O2. The number of nitrogens with zero attached hydrogens (tertiary/aromatic N) is 2. The van der Waals surface area contributed by atoms with Crippen molar-refractivity contribution in [3.63, 3.8) is 0 Å². The number of carboxylic acids is 1. The zero-order valence-electron chi connectivity index (χ0n) is 7.16. The number of halogens is 2. The molecule has 7 heteroatoms. The van der Waals surface area contributed by atoms with Crippen molar-refractivity contribution in [2.75, 3.05) is 0 Å². The highest BCUT2D eigenvalue weighted by atomic mass is 35.5. The normalized spacial score (nSPS) is 10.6. The van der Waals surface area contributed by atoms with Crippen LogP contribution in [-0.4, -0.2) is 27.3 Å². The number of carboxylic acid groups (broad SMARTS) is 1. The third-order valence-corrected chi connectivity index (χ3v) is 1.37. The molecular weight excluding hydrogens is 229 g/mol. The lowest BCUT2D eigenvalue weighted by Gasteiger charge is -2.03. The zero-order valence-corrected chi connectivity index (χ0v) is 8.79. The van der Waals surface area contributed by atoms with Crippen LogP contribution in [0.15, 0.2) is 18.3 Å². The van der Waals surface area contributed by atoms with Gasteiger partial charge in [0.2, 0.25) is 0 Å². The molecule has 0 aliphatic carbocycles. The Bertz CT molecular complexity index is 271. The Morgan fingerprint density at radius 2 is 2.21 bits per heavy atom. The van der Waals surface area contributed by atoms with E-state index in [0.717, 1.165) is 0 Å². The fourth-order valence-corrected chi connectivity index (χ4v) is 0.755. The number of aliphatic carboxylic acids is 1. The van der Waals surface area contributed by atoms with Crippen LogP contribution < -0.4 is 5.73 Å². The third-order valence-electron chi connectivity index (χ3n) is 1.37. The first-order valence-corrected chi connectivity index (χ1v) is 3.45. The summed E-state index contributed by atoms with van der Waals surface area (Å²) in [7, 11) is 0. The van der Waals surface area contributed by atoms with E-state index in [2.05, 4.69) is 10.2 Å². The van der Waals surface area contributed by atoms with Crippen LogP contribution >= 0.6 is 24.8 Å². The highest BCUT2D eigenvalue weighted by molar-refractivity contribution is 5.85. The zero-order chi connectivity index (χ0) is 8.97. The molecule has 0 aliphatic heterocycles. The molecule has 0 saturated heterocycles. The number of rotatable bonds is 3. The highest BCUT2D eigenvalue weighted by Crippen LogP contribution is 1.95. The Balaban J connectivity index is 0. The average molecular weight is 240 g/mol. The van der Waals surface area contributed by atoms with Gasteiger partial charge in [-0.1, -0.05) is 0 Å². The van der Waals surface area contributed by atoms with Crippen molar-refractivity contribution in [2.24, 2.45) is 5.73 Å². The maximum absolute atomic E-state index is 10.3. The minimum absolute atomic E-state index is 0.